The first-order valence-electron chi connectivity index (χ1n) is 6.74. The van der Waals surface area contributed by atoms with E-state index in [9.17, 15) is 14.7 Å². The minimum atomic E-state index is -0.632. The first kappa shape index (κ1) is 14.5. The molecule has 2 N–H and O–H groups in total. The number of fused-ring (bicyclic) bond motifs is 3. The van der Waals surface area contributed by atoms with Crippen molar-refractivity contribution < 1.29 is 9.90 Å². The Morgan fingerprint density at radius 1 is 1.32 bits per heavy atom. The largest absolute Gasteiger partial charge is 0.492 e. The van der Waals surface area contributed by atoms with Crippen LogP contribution < -0.4 is 10.9 Å². The van der Waals surface area contributed by atoms with Gasteiger partial charge in [0.15, 0.2) is 5.56 Å². The molecule has 114 valence electrons. The number of hydrogen-bond acceptors (Lipinski definition) is 5. The Bertz CT molecular complexity index is 950. The predicted molar refractivity (Wildman–Crippen MR) is 85.7 cm³/mol. The summed E-state index contributed by atoms with van der Waals surface area (Å²) in [6.45, 7) is 5.39. The maximum Gasteiger partial charge on any atom is 0.275 e. The molecule has 0 aliphatic rings. The van der Waals surface area contributed by atoms with E-state index in [0.29, 0.717) is 10.5 Å². The van der Waals surface area contributed by atoms with E-state index in [1.807, 2.05) is 18.2 Å². The highest BCUT2D eigenvalue weighted by molar-refractivity contribution is 7.23. The van der Waals surface area contributed by atoms with Crippen LogP contribution in [0, 0.1) is 0 Å². The van der Waals surface area contributed by atoms with Gasteiger partial charge in [-0.05, 0) is 32.9 Å². The Balaban J connectivity index is 2.30. The highest BCUT2D eigenvalue weighted by atomic mass is 32.1. The van der Waals surface area contributed by atoms with E-state index >= 15 is 0 Å². The van der Waals surface area contributed by atoms with Gasteiger partial charge in [0.1, 0.15) is 0 Å². The first-order chi connectivity index (χ1) is 10.3. The Labute approximate surface area is 130 Å². The molecule has 3 rings (SSSR count). The standard InChI is InChI=1S/C15H15N3O3S/c1-15(2,3)17-12(20)10-11(19)16-14-18(13(10)21)8-6-4-5-7-9(8)22-14/h4-7,19H,1-3H3,(H,17,20). The summed E-state index contributed by atoms with van der Waals surface area (Å²) in [6, 6.07) is 7.31. The van der Waals surface area contributed by atoms with Crippen molar-refractivity contribution in [1.29, 1.82) is 0 Å². The Hall–Kier alpha value is -2.41. The van der Waals surface area contributed by atoms with Gasteiger partial charge in [-0.2, -0.15) is 4.98 Å². The fraction of sp³-hybridized carbons (Fsp3) is 0.267. The van der Waals surface area contributed by atoms with Crippen LogP contribution in [0.3, 0.4) is 0 Å². The molecule has 0 radical (unpaired) electrons. The molecule has 22 heavy (non-hydrogen) atoms. The number of aromatic nitrogens is 2. The monoisotopic (exact) mass is 317 g/mol. The maximum absolute atomic E-state index is 12.7. The zero-order valence-corrected chi connectivity index (χ0v) is 13.2. The van der Waals surface area contributed by atoms with Gasteiger partial charge in [-0.1, -0.05) is 23.5 Å². The molecule has 0 fully saturated rings. The van der Waals surface area contributed by atoms with Crippen molar-refractivity contribution in [3.05, 3.63) is 40.2 Å². The summed E-state index contributed by atoms with van der Waals surface area (Å²) in [7, 11) is 0. The third kappa shape index (κ3) is 2.33. The van der Waals surface area contributed by atoms with E-state index in [1.54, 1.807) is 26.8 Å². The third-order valence-electron chi connectivity index (χ3n) is 3.06. The average Bonchev–Trinajstić information content (AvgIpc) is 2.74. The summed E-state index contributed by atoms with van der Waals surface area (Å²) in [5.41, 5.74) is -0.755. The van der Waals surface area contributed by atoms with Gasteiger partial charge in [0, 0.05) is 5.54 Å². The normalized spacial score (nSPS) is 12.0. The molecule has 0 bridgehead atoms. The molecule has 0 spiro atoms. The van der Waals surface area contributed by atoms with Crippen LogP contribution in [-0.4, -0.2) is 25.9 Å². The summed E-state index contributed by atoms with van der Waals surface area (Å²) >= 11 is 1.28. The van der Waals surface area contributed by atoms with Crippen molar-refractivity contribution in [3.63, 3.8) is 0 Å². The molecule has 3 aromatic rings. The Kier molecular flexibility index (Phi) is 3.17. The molecular formula is C15H15N3O3S. The smallest absolute Gasteiger partial charge is 0.275 e. The number of aromatic hydroxyl groups is 1. The number of benzene rings is 1. The number of amides is 1. The first-order valence-corrected chi connectivity index (χ1v) is 7.55. The average molecular weight is 317 g/mol. The number of carbonyl (C=O) groups excluding carboxylic acids is 1. The predicted octanol–water partition coefficient (Wildman–Crippen LogP) is 2.14. The zero-order chi connectivity index (χ0) is 16.1. The number of nitrogens with zero attached hydrogens (tertiary/aromatic N) is 2. The van der Waals surface area contributed by atoms with Crippen molar-refractivity contribution in [1.82, 2.24) is 14.7 Å². The van der Waals surface area contributed by atoms with E-state index in [1.165, 1.54) is 15.7 Å². The van der Waals surface area contributed by atoms with Crippen molar-refractivity contribution in [2.45, 2.75) is 26.3 Å². The SMILES string of the molecule is CC(C)(C)NC(=O)c1c(O)nc2sc3ccccc3n2c1=O. The lowest BCUT2D eigenvalue weighted by molar-refractivity contribution is 0.0914. The van der Waals surface area contributed by atoms with Crippen LogP contribution >= 0.6 is 11.3 Å². The maximum atomic E-state index is 12.7. The summed E-state index contributed by atoms with van der Waals surface area (Å²) in [5, 5.41) is 12.7. The van der Waals surface area contributed by atoms with Gasteiger partial charge in [-0.15, -0.1) is 0 Å². The van der Waals surface area contributed by atoms with Gasteiger partial charge in [0.05, 0.1) is 10.2 Å². The fourth-order valence-corrected chi connectivity index (χ4v) is 3.21. The van der Waals surface area contributed by atoms with Crippen LogP contribution in [-0.2, 0) is 0 Å². The van der Waals surface area contributed by atoms with Crippen molar-refractivity contribution >= 4 is 32.4 Å². The Morgan fingerprint density at radius 2 is 2.00 bits per heavy atom. The molecule has 0 aliphatic carbocycles. The molecule has 6 nitrogen and oxygen atoms in total. The van der Waals surface area contributed by atoms with E-state index in [4.69, 9.17) is 0 Å². The van der Waals surface area contributed by atoms with E-state index in [2.05, 4.69) is 10.3 Å². The molecule has 0 aliphatic heterocycles. The summed E-state index contributed by atoms with van der Waals surface area (Å²) in [6.07, 6.45) is 0. The van der Waals surface area contributed by atoms with Gasteiger partial charge in [-0.25, -0.2) is 0 Å². The lowest BCUT2D eigenvalue weighted by Crippen LogP contribution is -2.43. The number of carbonyl (C=O) groups is 1. The lowest BCUT2D eigenvalue weighted by Gasteiger charge is -2.20. The van der Waals surface area contributed by atoms with Crippen LogP contribution in [0.1, 0.15) is 31.1 Å². The van der Waals surface area contributed by atoms with Crippen LogP contribution in [0.4, 0.5) is 0 Å². The summed E-state index contributed by atoms with van der Waals surface area (Å²) in [4.78, 5) is 29.3. The van der Waals surface area contributed by atoms with Gasteiger partial charge in [0.2, 0.25) is 10.8 Å². The molecule has 2 heterocycles. The van der Waals surface area contributed by atoms with Crippen molar-refractivity contribution in [2.75, 3.05) is 0 Å². The van der Waals surface area contributed by atoms with E-state index < -0.39 is 22.9 Å². The molecular weight excluding hydrogens is 302 g/mol. The minimum Gasteiger partial charge on any atom is -0.492 e. The van der Waals surface area contributed by atoms with E-state index in [-0.39, 0.29) is 5.56 Å². The topological polar surface area (TPSA) is 83.7 Å². The van der Waals surface area contributed by atoms with E-state index in [0.717, 1.165) is 4.70 Å². The molecule has 1 aromatic carbocycles. The number of hydrogen-bond donors (Lipinski definition) is 2. The zero-order valence-electron chi connectivity index (χ0n) is 12.4. The van der Waals surface area contributed by atoms with Crippen molar-refractivity contribution in [2.24, 2.45) is 0 Å². The van der Waals surface area contributed by atoms with Gasteiger partial charge < -0.3 is 10.4 Å². The minimum absolute atomic E-state index is 0.337. The second-order valence-electron chi connectivity index (χ2n) is 6.01. The molecule has 0 saturated carbocycles. The molecule has 0 saturated heterocycles. The lowest BCUT2D eigenvalue weighted by atomic mass is 10.1. The molecule has 0 unspecified atom stereocenters. The van der Waals surface area contributed by atoms with Crippen LogP contribution in [0.5, 0.6) is 5.88 Å². The van der Waals surface area contributed by atoms with Crippen LogP contribution in [0.15, 0.2) is 29.1 Å². The number of thiazole rings is 1. The second-order valence-corrected chi connectivity index (χ2v) is 7.02. The Morgan fingerprint density at radius 3 is 2.68 bits per heavy atom. The molecule has 2 aromatic heterocycles. The number of para-hydroxylation sites is 1. The highest BCUT2D eigenvalue weighted by Gasteiger charge is 2.24. The number of nitrogens with one attached hydrogen (secondary N) is 1. The molecule has 1 amide bonds. The summed E-state index contributed by atoms with van der Waals surface area (Å²) < 4.78 is 2.22. The quantitative estimate of drug-likeness (QED) is 0.720. The van der Waals surface area contributed by atoms with Gasteiger partial charge >= 0.3 is 0 Å². The molecule has 7 heteroatoms. The fourth-order valence-electron chi connectivity index (χ4n) is 2.20. The van der Waals surface area contributed by atoms with Gasteiger partial charge in [-0.3, -0.25) is 14.0 Å². The highest BCUT2D eigenvalue weighted by Crippen LogP contribution is 2.25. The van der Waals surface area contributed by atoms with Crippen molar-refractivity contribution in [3.8, 4) is 5.88 Å². The van der Waals surface area contributed by atoms with Gasteiger partial charge in [0.25, 0.3) is 11.5 Å². The second kappa shape index (κ2) is 4.81. The number of rotatable bonds is 1. The summed E-state index contributed by atoms with van der Waals surface area (Å²) in [5.74, 6) is -1.18. The molecule has 0 atom stereocenters. The van der Waals surface area contributed by atoms with Crippen LogP contribution in [0.2, 0.25) is 0 Å². The van der Waals surface area contributed by atoms with Crippen LogP contribution in [0.25, 0.3) is 15.2 Å². The third-order valence-corrected chi connectivity index (χ3v) is 4.08.